The van der Waals surface area contributed by atoms with E-state index in [-0.39, 0.29) is 24.3 Å². The second-order valence-electron chi connectivity index (χ2n) is 5.15. The number of carbonyl (C=O) groups excluding carboxylic acids is 1. The number of amides is 2. The van der Waals surface area contributed by atoms with E-state index in [0.717, 1.165) is 12.8 Å². The number of benzene rings is 1. The number of halogens is 1. The molecule has 2 rings (SSSR count). The van der Waals surface area contributed by atoms with Crippen LogP contribution in [0.2, 0.25) is 0 Å². The minimum Gasteiger partial charge on any atom is -0.491 e. The van der Waals surface area contributed by atoms with Crippen LogP contribution in [0.25, 0.3) is 0 Å². The van der Waals surface area contributed by atoms with Gasteiger partial charge in [0.05, 0.1) is 6.61 Å². The number of carbonyl (C=O) groups is 1. The van der Waals surface area contributed by atoms with E-state index < -0.39 is 5.82 Å². The monoisotopic (exact) mass is 296 g/mol. The number of rotatable bonds is 4. The number of hydrogen-bond acceptors (Lipinski definition) is 3. The summed E-state index contributed by atoms with van der Waals surface area (Å²) in [6.45, 7) is 3.44. The standard InChI is InChI=1S/C15H21FN2O3/c1-2-21-14-6-5-12(8-13(14)16)17-15(20)18-7-3-4-11(9-18)10-19/h5-6,8,11,19H,2-4,7,9-10H2,1H3,(H,17,20). The average molecular weight is 296 g/mol. The normalized spacial score (nSPS) is 18.4. The third kappa shape index (κ3) is 4.07. The molecule has 2 amide bonds. The van der Waals surface area contributed by atoms with Gasteiger partial charge in [0.1, 0.15) is 0 Å². The van der Waals surface area contributed by atoms with Gasteiger partial charge in [0.25, 0.3) is 0 Å². The fourth-order valence-electron chi connectivity index (χ4n) is 2.45. The third-order valence-electron chi connectivity index (χ3n) is 3.55. The maximum Gasteiger partial charge on any atom is 0.321 e. The van der Waals surface area contributed by atoms with Crippen molar-refractivity contribution in [3.05, 3.63) is 24.0 Å². The number of piperidine rings is 1. The summed E-state index contributed by atoms with van der Waals surface area (Å²) in [6.07, 6.45) is 1.80. The van der Waals surface area contributed by atoms with E-state index in [2.05, 4.69) is 5.32 Å². The van der Waals surface area contributed by atoms with Gasteiger partial charge in [-0.25, -0.2) is 9.18 Å². The fraction of sp³-hybridized carbons (Fsp3) is 0.533. The molecule has 0 aliphatic carbocycles. The number of aliphatic hydroxyl groups is 1. The number of aliphatic hydroxyl groups excluding tert-OH is 1. The molecule has 1 aliphatic heterocycles. The summed E-state index contributed by atoms with van der Waals surface area (Å²) < 4.78 is 18.8. The lowest BCUT2D eigenvalue weighted by Crippen LogP contribution is -2.43. The Hall–Kier alpha value is -1.82. The molecule has 1 atom stereocenters. The molecule has 1 aromatic carbocycles. The van der Waals surface area contributed by atoms with E-state index >= 15 is 0 Å². The lowest BCUT2D eigenvalue weighted by Gasteiger charge is -2.31. The molecule has 1 aromatic rings. The van der Waals surface area contributed by atoms with Crippen LogP contribution < -0.4 is 10.1 Å². The molecule has 1 unspecified atom stereocenters. The minimum absolute atomic E-state index is 0.0848. The van der Waals surface area contributed by atoms with Gasteiger partial charge in [-0.15, -0.1) is 0 Å². The summed E-state index contributed by atoms with van der Waals surface area (Å²) in [5.41, 5.74) is 0.395. The molecule has 116 valence electrons. The Labute approximate surface area is 123 Å². The van der Waals surface area contributed by atoms with Gasteiger partial charge in [-0.2, -0.15) is 0 Å². The molecule has 0 aromatic heterocycles. The summed E-state index contributed by atoms with van der Waals surface area (Å²) in [5.74, 6) is -0.197. The molecule has 0 radical (unpaired) electrons. The SMILES string of the molecule is CCOc1ccc(NC(=O)N2CCCC(CO)C2)cc1F. The van der Waals surface area contributed by atoms with Gasteiger partial charge in [-0.05, 0) is 37.8 Å². The van der Waals surface area contributed by atoms with Crippen LogP contribution in [-0.4, -0.2) is 42.3 Å². The molecule has 1 saturated heterocycles. The molecule has 0 saturated carbocycles. The van der Waals surface area contributed by atoms with E-state index in [4.69, 9.17) is 4.74 Å². The first-order valence-electron chi connectivity index (χ1n) is 7.23. The van der Waals surface area contributed by atoms with Crippen molar-refractivity contribution in [3.63, 3.8) is 0 Å². The van der Waals surface area contributed by atoms with Gasteiger partial charge >= 0.3 is 6.03 Å². The Morgan fingerprint density at radius 1 is 1.57 bits per heavy atom. The Morgan fingerprint density at radius 3 is 3.05 bits per heavy atom. The lowest BCUT2D eigenvalue weighted by molar-refractivity contribution is 0.136. The topological polar surface area (TPSA) is 61.8 Å². The maximum atomic E-state index is 13.7. The van der Waals surface area contributed by atoms with E-state index in [0.29, 0.717) is 25.4 Å². The van der Waals surface area contributed by atoms with E-state index in [1.165, 1.54) is 12.1 Å². The molecule has 2 N–H and O–H groups in total. The van der Waals surface area contributed by atoms with Crippen LogP contribution in [0, 0.1) is 11.7 Å². The summed E-state index contributed by atoms with van der Waals surface area (Å²) >= 11 is 0. The summed E-state index contributed by atoms with van der Waals surface area (Å²) in [4.78, 5) is 13.8. The molecular formula is C15H21FN2O3. The second-order valence-corrected chi connectivity index (χ2v) is 5.15. The van der Waals surface area contributed by atoms with Crippen molar-refractivity contribution >= 4 is 11.7 Å². The van der Waals surface area contributed by atoms with Crippen LogP contribution >= 0.6 is 0 Å². The highest BCUT2D eigenvalue weighted by molar-refractivity contribution is 5.89. The van der Waals surface area contributed by atoms with E-state index in [1.807, 2.05) is 0 Å². The highest BCUT2D eigenvalue weighted by atomic mass is 19.1. The molecule has 6 heteroatoms. The number of urea groups is 1. The van der Waals surface area contributed by atoms with Crippen molar-refractivity contribution in [1.82, 2.24) is 4.90 Å². The fourth-order valence-corrected chi connectivity index (χ4v) is 2.45. The third-order valence-corrected chi connectivity index (χ3v) is 3.55. The number of nitrogens with zero attached hydrogens (tertiary/aromatic N) is 1. The highest BCUT2D eigenvalue weighted by Gasteiger charge is 2.23. The van der Waals surface area contributed by atoms with Gasteiger partial charge in [-0.1, -0.05) is 0 Å². The molecule has 0 spiro atoms. The van der Waals surface area contributed by atoms with Crippen LogP contribution in [0.5, 0.6) is 5.75 Å². The number of likely N-dealkylation sites (tertiary alicyclic amines) is 1. The first-order chi connectivity index (χ1) is 10.1. The van der Waals surface area contributed by atoms with Gasteiger partial charge in [-0.3, -0.25) is 0 Å². The van der Waals surface area contributed by atoms with Gasteiger partial charge < -0.3 is 20.1 Å². The van der Waals surface area contributed by atoms with Crippen LogP contribution in [0.15, 0.2) is 18.2 Å². The largest absolute Gasteiger partial charge is 0.491 e. The number of hydrogen-bond donors (Lipinski definition) is 2. The minimum atomic E-state index is -0.499. The average Bonchev–Trinajstić information content (AvgIpc) is 2.50. The van der Waals surface area contributed by atoms with Crippen molar-refractivity contribution in [1.29, 1.82) is 0 Å². The molecular weight excluding hydrogens is 275 g/mol. The Kier molecular flexibility index (Phi) is 5.38. The number of nitrogens with one attached hydrogen (secondary N) is 1. The van der Waals surface area contributed by atoms with Crippen molar-refractivity contribution in [2.75, 3.05) is 31.6 Å². The van der Waals surface area contributed by atoms with Crippen LogP contribution in [0.1, 0.15) is 19.8 Å². The predicted octanol–water partition coefficient (Wildman–Crippen LogP) is 2.46. The van der Waals surface area contributed by atoms with Gasteiger partial charge in [0.2, 0.25) is 0 Å². The van der Waals surface area contributed by atoms with Crippen molar-refractivity contribution < 1.29 is 19.0 Å². The zero-order valence-corrected chi connectivity index (χ0v) is 12.1. The number of anilines is 1. The molecule has 0 bridgehead atoms. The number of ether oxygens (including phenoxy) is 1. The van der Waals surface area contributed by atoms with Crippen molar-refractivity contribution in [2.45, 2.75) is 19.8 Å². The first-order valence-corrected chi connectivity index (χ1v) is 7.23. The smallest absolute Gasteiger partial charge is 0.321 e. The lowest BCUT2D eigenvalue weighted by atomic mass is 9.99. The zero-order valence-electron chi connectivity index (χ0n) is 12.1. The summed E-state index contributed by atoms with van der Waals surface area (Å²) in [6, 6.07) is 4.09. The van der Waals surface area contributed by atoms with Crippen LogP contribution in [0.4, 0.5) is 14.9 Å². The Bertz CT molecular complexity index is 496. The summed E-state index contributed by atoms with van der Waals surface area (Å²) in [5, 5.41) is 11.9. The maximum absolute atomic E-state index is 13.7. The molecule has 1 heterocycles. The Balaban J connectivity index is 1.97. The van der Waals surface area contributed by atoms with Crippen LogP contribution in [0.3, 0.4) is 0 Å². The van der Waals surface area contributed by atoms with Crippen molar-refractivity contribution in [2.24, 2.45) is 5.92 Å². The first kappa shape index (κ1) is 15.6. The van der Waals surface area contributed by atoms with Crippen LogP contribution in [-0.2, 0) is 0 Å². The zero-order chi connectivity index (χ0) is 15.2. The predicted molar refractivity (Wildman–Crippen MR) is 78.0 cm³/mol. The molecule has 5 nitrogen and oxygen atoms in total. The molecule has 1 fully saturated rings. The molecule has 21 heavy (non-hydrogen) atoms. The summed E-state index contributed by atoms with van der Waals surface area (Å²) in [7, 11) is 0. The van der Waals surface area contributed by atoms with E-state index in [1.54, 1.807) is 17.9 Å². The highest BCUT2D eigenvalue weighted by Crippen LogP contribution is 2.22. The quantitative estimate of drug-likeness (QED) is 0.897. The molecule has 1 aliphatic rings. The van der Waals surface area contributed by atoms with Crippen molar-refractivity contribution in [3.8, 4) is 5.75 Å². The van der Waals surface area contributed by atoms with Gasteiger partial charge in [0.15, 0.2) is 11.6 Å². The Morgan fingerprint density at radius 2 is 2.38 bits per heavy atom. The van der Waals surface area contributed by atoms with Gasteiger partial charge in [0, 0.05) is 31.5 Å². The van der Waals surface area contributed by atoms with E-state index in [9.17, 15) is 14.3 Å². The second kappa shape index (κ2) is 7.26.